The molecular formula is C21H21F3N4O3S2. The van der Waals surface area contributed by atoms with E-state index in [0.717, 1.165) is 37.1 Å². The van der Waals surface area contributed by atoms with Crippen molar-refractivity contribution in [2.75, 3.05) is 17.8 Å². The second kappa shape index (κ2) is 8.49. The Kier molecular flexibility index (Phi) is 5.99. The van der Waals surface area contributed by atoms with Crippen molar-refractivity contribution < 1.29 is 26.4 Å². The Morgan fingerprint density at radius 2 is 1.79 bits per heavy atom. The number of halogens is 3. The summed E-state index contributed by atoms with van der Waals surface area (Å²) in [5.74, 6) is -0.0697. The minimum atomic E-state index is -4.51. The first-order valence-corrected chi connectivity index (χ1v) is 12.4. The lowest BCUT2D eigenvalue weighted by Gasteiger charge is -2.13. The monoisotopic (exact) mass is 498 g/mol. The van der Waals surface area contributed by atoms with Crippen molar-refractivity contribution in [3.05, 3.63) is 52.7 Å². The molecule has 0 radical (unpaired) electrons. The number of benzene rings is 1. The Hall–Kier alpha value is -2.86. The van der Waals surface area contributed by atoms with Gasteiger partial charge in [-0.2, -0.15) is 13.2 Å². The van der Waals surface area contributed by atoms with Gasteiger partial charge in [0.05, 0.1) is 17.0 Å². The maximum Gasteiger partial charge on any atom is 0.416 e. The number of aryl methyl sites for hydroxylation is 2. The number of nitrogens with one attached hydrogen (secondary N) is 1. The predicted octanol–water partition coefficient (Wildman–Crippen LogP) is 4.51. The summed E-state index contributed by atoms with van der Waals surface area (Å²) >= 11 is 1.21. The Morgan fingerprint density at radius 1 is 1.15 bits per heavy atom. The average Bonchev–Trinajstić information content (AvgIpc) is 3.47. The number of hydrogen-bond acceptors (Lipinski definition) is 5. The maximum absolute atomic E-state index is 12.8. The lowest BCUT2D eigenvalue weighted by molar-refractivity contribution is -0.137. The molecule has 1 fully saturated rings. The molecule has 1 amide bonds. The lowest BCUT2D eigenvalue weighted by atomic mass is 10.2. The number of sulfonamides is 1. The number of carbonyl (C=O) groups excluding carboxylic acids is 1. The van der Waals surface area contributed by atoms with Crippen LogP contribution in [-0.4, -0.2) is 41.9 Å². The number of alkyl halides is 3. The van der Waals surface area contributed by atoms with Gasteiger partial charge in [0.15, 0.2) is 0 Å². The Labute approximate surface area is 192 Å². The van der Waals surface area contributed by atoms with Crippen LogP contribution < -0.4 is 4.72 Å². The number of likely N-dealkylation sites (tertiary alicyclic amines) is 1. The van der Waals surface area contributed by atoms with E-state index >= 15 is 0 Å². The first-order valence-electron chi connectivity index (χ1n) is 10.1. The molecule has 0 saturated carbocycles. The van der Waals surface area contributed by atoms with Gasteiger partial charge >= 0.3 is 6.18 Å². The molecule has 176 valence electrons. The molecule has 0 atom stereocenters. The molecule has 1 aliphatic rings. The molecule has 1 aromatic carbocycles. The lowest BCUT2D eigenvalue weighted by Crippen LogP contribution is -2.27. The molecule has 33 heavy (non-hydrogen) atoms. The number of anilines is 1. The fourth-order valence-corrected chi connectivity index (χ4v) is 5.82. The van der Waals surface area contributed by atoms with E-state index in [4.69, 9.17) is 0 Å². The Morgan fingerprint density at radius 3 is 2.39 bits per heavy atom. The molecule has 1 saturated heterocycles. The van der Waals surface area contributed by atoms with E-state index < -0.39 is 21.8 Å². The SMILES string of the molecule is Cc1nc(-c2cc(S(=O)(=O)Nc3ccc(C(F)(F)F)cc3)cn2C)sc1C(=O)N1CCCC1. The van der Waals surface area contributed by atoms with Crippen molar-refractivity contribution in [1.29, 1.82) is 0 Å². The molecule has 0 bridgehead atoms. The van der Waals surface area contributed by atoms with E-state index in [-0.39, 0.29) is 16.5 Å². The van der Waals surface area contributed by atoms with Gasteiger partial charge in [0.25, 0.3) is 15.9 Å². The van der Waals surface area contributed by atoms with Crippen molar-refractivity contribution in [3.8, 4) is 10.7 Å². The molecule has 0 aliphatic carbocycles. The van der Waals surface area contributed by atoms with Crippen LogP contribution in [-0.2, 0) is 23.2 Å². The van der Waals surface area contributed by atoms with Crippen LogP contribution in [0.3, 0.4) is 0 Å². The number of aromatic nitrogens is 2. The number of thiazole rings is 1. The van der Waals surface area contributed by atoms with Gasteiger partial charge in [-0.1, -0.05) is 0 Å². The summed E-state index contributed by atoms with van der Waals surface area (Å²) in [7, 11) is -2.40. The summed E-state index contributed by atoms with van der Waals surface area (Å²) in [5.41, 5.74) is 0.236. The number of amides is 1. The normalized spacial score (nSPS) is 14.6. The van der Waals surface area contributed by atoms with Crippen LogP contribution in [0.5, 0.6) is 0 Å². The van der Waals surface area contributed by atoms with Crippen LogP contribution >= 0.6 is 11.3 Å². The van der Waals surface area contributed by atoms with Crippen molar-refractivity contribution in [2.24, 2.45) is 7.05 Å². The molecule has 0 unspecified atom stereocenters. The summed E-state index contributed by atoms with van der Waals surface area (Å²) in [6, 6.07) is 5.17. The van der Waals surface area contributed by atoms with Crippen molar-refractivity contribution >= 4 is 33.0 Å². The second-order valence-electron chi connectivity index (χ2n) is 7.79. The largest absolute Gasteiger partial charge is 0.416 e. The van der Waals surface area contributed by atoms with Gasteiger partial charge < -0.3 is 9.47 Å². The van der Waals surface area contributed by atoms with Crippen molar-refractivity contribution in [2.45, 2.75) is 30.8 Å². The minimum Gasteiger partial charge on any atom is -0.347 e. The summed E-state index contributed by atoms with van der Waals surface area (Å²) in [6.45, 7) is 3.18. The predicted molar refractivity (Wildman–Crippen MR) is 119 cm³/mol. The fourth-order valence-electron chi connectivity index (χ4n) is 3.60. The number of hydrogen-bond donors (Lipinski definition) is 1. The van der Waals surface area contributed by atoms with Gasteiger partial charge in [-0.3, -0.25) is 9.52 Å². The highest BCUT2D eigenvalue weighted by atomic mass is 32.2. The summed E-state index contributed by atoms with van der Waals surface area (Å²) in [6.07, 6.45) is -1.17. The van der Waals surface area contributed by atoms with E-state index in [1.54, 1.807) is 23.4 Å². The molecule has 3 aromatic rings. The highest BCUT2D eigenvalue weighted by molar-refractivity contribution is 7.92. The van der Waals surface area contributed by atoms with E-state index in [0.29, 0.717) is 34.4 Å². The summed E-state index contributed by atoms with van der Waals surface area (Å²) in [4.78, 5) is 19.5. The molecule has 12 heteroatoms. The van der Waals surface area contributed by atoms with E-state index in [1.165, 1.54) is 23.6 Å². The Bertz CT molecular complexity index is 1290. The number of rotatable bonds is 5. The standard InChI is InChI=1S/C21H21F3N4O3S2/c1-13-18(20(29)28-9-3-4-10-28)32-19(25-13)17-11-16(12-27(17)2)33(30,31)26-15-7-5-14(6-8-15)21(22,23)24/h5-8,11-12,26H,3-4,9-10H2,1-2H3. The van der Waals surface area contributed by atoms with Crippen LogP contribution in [0.15, 0.2) is 41.4 Å². The van der Waals surface area contributed by atoms with Gasteiger partial charge in [-0.25, -0.2) is 13.4 Å². The highest BCUT2D eigenvalue weighted by Gasteiger charge is 2.30. The van der Waals surface area contributed by atoms with Gasteiger partial charge in [-0.15, -0.1) is 11.3 Å². The quantitative estimate of drug-likeness (QED) is 0.561. The third kappa shape index (κ3) is 4.76. The molecule has 7 nitrogen and oxygen atoms in total. The first kappa shape index (κ1) is 23.3. The zero-order valence-corrected chi connectivity index (χ0v) is 19.4. The molecule has 0 spiro atoms. The average molecular weight is 499 g/mol. The van der Waals surface area contributed by atoms with Crippen LogP contribution in [0.2, 0.25) is 0 Å². The van der Waals surface area contributed by atoms with Crippen molar-refractivity contribution in [1.82, 2.24) is 14.5 Å². The third-order valence-corrected chi connectivity index (χ3v) is 7.87. The third-order valence-electron chi connectivity index (χ3n) is 5.36. The maximum atomic E-state index is 12.8. The fraction of sp³-hybridized carbons (Fsp3) is 0.333. The molecule has 3 heterocycles. The number of carbonyl (C=O) groups is 1. The zero-order valence-electron chi connectivity index (χ0n) is 17.8. The highest BCUT2D eigenvalue weighted by Crippen LogP contribution is 2.33. The molecular weight excluding hydrogens is 477 g/mol. The van der Waals surface area contributed by atoms with Crippen LogP contribution in [0, 0.1) is 6.92 Å². The molecule has 2 aromatic heterocycles. The van der Waals surface area contributed by atoms with E-state index in [2.05, 4.69) is 9.71 Å². The molecule has 1 N–H and O–H groups in total. The van der Waals surface area contributed by atoms with Crippen LogP contribution in [0.25, 0.3) is 10.7 Å². The molecule has 1 aliphatic heterocycles. The van der Waals surface area contributed by atoms with Gasteiger partial charge in [0.1, 0.15) is 14.8 Å². The Balaban J connectivity index is 1.58. The second-order valence-corrected chi connectivity index (χ2v) is 10.5. The topological polar surface area (TPSA) is 84.3 Å². The number of nitrogens with zero attached hydrogens (tertiary/aromatic N) is 3. The first-order chi connectivity index (χ1) is 15.5. The van der Waals surface area contributed by atoms with Gasteiger partial charge in [0.2, 0.25) is 0 Å². The smallest absolute Gasteiger partial charge is 0.347 e. The van der Waals surface area contributed by atoms with Gasteiger partial charge in [-0.05, 0) is 50.1 Å². The minimum absolute atomic E-state index is 0.0111. The van der Waals surface area contributed by atoms with Crippen LogP contribution in [0.1, 0.15) is 33.8 Å². The summed E-state index contributed by atoms with van der Waals surface area (Å²) in [5, 5.41) is 0.508. The molecule has 4 rings (SSSR count). The van der Waals surface area contributed by atoms with Gasteiger partial charge in [0, 0.05) is 32.0 Å². The van der Waals surface area contributed by atoms with Crippen molar-refractivity contribution in [3.63, 3.8) is 0 Å². The van der Waals surface area contributed by atoms with Crippen LogP contribution in [0.4, 0.5) is 18.9 Å². The zero-order chi connectivity index (χ0) is 24.0. The van der Waals surface area contributed by atoms with E-state index in [1.807, 2.05) is 0 Å². The summed E-state index contributed by atoms with van der Waals surface area (Å²) < 4.78 is 67.7. The van der Waals surface area contributed by atoms with E-state index in [9.17, 15) is 26.4 Å².